The maximum absolute atomic E-state index is 13.3. The molecule has 0 amide bonds. The molecule has 1 N–H and O–H groups in total. The monoisotopic (exact) mass is 566 g/mol. The number of carbonyl (C=O) groups excluding carboxylic acids is 1. The summed E-state index contributed by atoms with van der Waals surface area (Å²) in [4.78, 5) is 18.0. The zero-order valence-electron chi connectivity index (χ0n) is 21.1. The second-order valence-corrected chi connectivity index (χ2v) is 10.0. The number of carbonyl (C=O) groups is 1. The summed E-state index contributed by atoms with van der Waals surface area (Å²) in [5, 5.41) is 8.73. The number of esters is 1. The largest absolute Gasteiger partial charge is 0.490 e. The summed E-state index contributed by atoms with van der Waals surface area (Å²) in [7, 11) is 0. The number of nitrogens with one attached hydrogen (secondary N) is 1. The van der Waals surface area contributed by atoms with Crippen molar-refractivity contribution in [3.05, 3.63) is 33.4 Å². The van der Waals surface area contributed by atoms with Crippen molar-refractivity contribution in [2.45, 2.75) is 71.5 Å². The van der Waals surface area contributed by atoms with E-state index in [0.717, 1.165) is 41.5 Å². The van der Waals surface area contributed by atoms with Crippen molar-refractivity contribution in [1.82, 2.24) is 14.8 Å². The number of hydrogen-bond acceptors (Lipinski definition) is 8. The number of benzene rings is 1. The second kappa shape index (κ2) is 13.2. The van der Waals surface area contributed by atoms with Crippen LogP contribution in [0.2, 0.25) is 0 Å². The van der Waals surface area contributed by atoms with Gasteiger partial charge in [0.25, 0.3) is 0 Å². The zero-order valence-corrected chi connectivity index (χ0v) is 23.6. The lowest BCUT2D eigenvalue weighted by atomic mass is 9.95. The molecule has 35 heavy (non-hydrogen) atoms. The number of nitrogens with zero attached hydrogens (tertiary/aromatic N) is 3. The first kappa shape index (κ1) is 27.4. The minimum Gasteiger partial charge on any atom is -0.490 e. The summed E-state index contributed by atoms with van der Waals surface area (Å²) < 4.78 is 19.9. The highest BCUT2D eigenvalue weighted by molar-refractivity contribution is 9.10. The van der Waals surface area contributed by atoms with Crippen LogP contribution in [0.3, 0.4) is 0 Å². The molecule has 1 atom stereocenters. The molecule has 10 heteroatoms. The lowest BCUT2D eigenvalue weighted by Gasteiger charge is -2.29. The Balaban J connectivity index is 2.10. The van der Waals surface area contributed by atoms with E-state index in [4.69, 9.17) is 24.3 Å². The van der Waals surface area contributed by atoms with Crippen LogP contribution in [-0.4, -0.2) is 46.3 Å². The van der Waals surface area contributed by atoms with Crippen molar-refractivity contribution in [2.75, 3.05) is 30.9 Å². The van der Waals surface area contributed by atoms with Gasteiger partial charge in [-0.3, -0.25) is 0 Å². The van der Waals surface area contributed by atoms with E-state index >= 15 is 0 Å². The highest BCUT2D eigenvalue weighted by Crippen LogP contribution is 2.43. The molecule has 1 aliphatic heterocycles. The Kier molecular flexibility index (Phi) is 10.3. The fraction of sp³-hybridized carbons (Fsp3) is 0.560. The Morgan fingerprint density at radius 3 is 2.57 bits per heavy atom. The molecule has 0 bridgehead atoms. The Hall–Kier alpha value is -2.20. The third-order valence-electron chi connectivity index (χ3n) is 5.45. The van der Waals surface area contributed by atoms with Crippen LogP contribution in [0, 0.1) is 0 Å². The molecule has 192 valence electrons. The number of rotatable bonds is 13. The van der Waals surface area contributed by atoms with Gasteiger partial charge in [-0.25, -0.2) is 9.48 Å². The van der Waals surface area contributed by atoms with Gasteiger partial charge < -0.3 is 19.5 Å². The number of thioether (sulfide) groups is 1. The molecule has 8 nitrogen and oxygen atoms in total. The third-order valence-corrected chi connectivity index (χ3v) is 6.96. The van der Waals surface area contributed by atoms with Gasteiger partial charge in [-0.2, -0.15) is 4.98 Å². The predicted octanol–water partition coefficient (Wildman–Crippen LogP) is 6.36. The van der Waals surface area contributed by atoms with Gasteiger partial charge in [-0.05, 0) is 67.2 Å². The quantitative estimate of drug-likeness (QED) is 0.170. The van der Waals surface area contributed by atoms with E-state index in [1.165, 1.54) is 0 Å². The molecule has 0 radical (unpaired) electrons. The van der Waals surface area contributed by atoms with E-state index in [1.54, 1.807) is 16.4 Å². The maximum atomic E-state index is 13.3. The standard InChI is InChI=1S/C25H35BrN4O4S/c1-6-10-12-34-23(31)20-16(5)27-24-28-25(35-13-11-7-2)29-30(24)21(20)17-14-18(26)22(33-9-4)19(15-17)32-8-3/h14-15,21H,6-13H2,1-5H3,(H,27,28,29). The summed E-state index contributed by atoms with van der Waals surface area (Å²) >= 11 is 5.26. The molecular weight excluding hydrogens is 532 g/mol. The molecule has 1 aliphatic rings. The molecule has 1 aromatic carbocycles. The van der Waals surface area contributed by atoms with Crippen LogP contribution in [0.4, 0.5) is 5.95 Å². The first-order valence-corrected chi connectivity index (χ1v) is 14.1. The molecule has 2 heterocycles. The van der Waals surface area contributed by atoms with Crippen LogP contribution >= 0.6 is 27.7 Å². The first-order chi connectivity index (χ1) is 16.9. The van der Waals surface area contributed by atoms with Gasteiger partial charge in [0.2, 0.25) is 11.1 Å². The molecule has 0 saturated heterocycles. The van der Waals surface area contributed by atoms with E-state index in [0.29, 0.717) is 53.7 Å². The average molecular weight is 568 g/mol. The summed E-state index contributed by atoms with van der Waals surface area (Å²) in [5.41, 5.74) is 2.02. The lowest BCUT2D eigenvalue weighted by Crippen LogP contribution is -2.30. The number of allylic oxidation sites excluding steroid dienone is 1. The minimum absolute atomic E-state index is 0.363. The summed E-state index contributed by atoms with van der Waals surface area (Å²) in [6, 6.07) is 3.34. The highest BCUT2D eigenvalue weighted by atomic mass is 79.9. The number of aromatic nitrogens is 3. The van der Waals surface area contributed by atoms with Crippen LogP contribution < -0.4 is 14.8 Å². The first-order valence-electron chi connectivity index (χ1n) is 12.3. The molecule has 0 fully saturated rings. The molecule has 1 unspecified atom stereocenters. The third kappa shape index (κ3) is 6.52. The van der Waals surface area contributed by atoms with Gasteiger partial charge in [0.05, 0.1) is 29.9 Å². The van der Waals surface area contributed by atoms with Crippen molar-refractivity contribution in [2.24, 2.45) is 0 Å². The van der Waals surface area contributed by atoms with Gasteiger partial charge in [0.15, 0.2) is 11.5 Å². The molecule has 2 aromatic rings. The molecular formula is C25H35BrN4O4S. The van der Waals surface area contributed by atoms with Crippen molar-refractivity contribution < 1.29 is 19.0 Å². The van der Waals surface area contributed by atoms with Crippen molar-refractivity contribution in [1.29, 1.82) is 0 Å². The number of halogens is 1. The Bertz CT molecular complexity index is 1060. The minimum atomic E-state index is -0.528. The van der Waals surface area contributed by atoms with Gasteiger partial charge in [-0.15, -0.1) is 5.10 Å². The Morgan fingerprint density at radius 1 is 1.14 bits per heavy atom. The van der Waals surface area contributed by atoms with E-state index in [1.807, 2.05) is 32.9 Å². The second-order valence-electron chi connectivity index (χ2n) is 8.12. The van der Waals surface area contributed by atoms with Gasteiger partial charge in [-0.1, -0.05) is 38.5 Å². The summed E-state index contributed by atoms with van der Waals surface area (Å²) in [6.07, 6.45) is 3.95. The van der Waals surface area contributed by atoms with Crippen LogP contribution in [0.1, 0.15) is 71.9 Å². The van der Waals surface area contributed by atoms with Gasteiger partial charge in [0.1, 0.15) is 6.04 Å². The van der Waals surface area contributed by atoms with Crippen LogP contribution in [0.15, 0.2) is 33.0 Å². The van der Waals surface area contributed by atoms with Crippen molar-refractivity contribution in [3.63, 3.8) is 0 Å². The van der Waals surface area contributed by atoms with Gasteiger partial charge in [0, 0.05) is 11.4 Å². The average Bonchev–Trinajstić information content (AvgIpc) is 3.22. The normalized spacial score (nSPS) is 15.0. The number of unbranched alkanes of at least 4 members (excludes halogenated alkanes) is 2. The molecule has 0 spiro atoms. The number of hydrogen-bond donors (Lipinski definition) is 1. The molecule has 3 rings (SSSR count). The topological polar surface area (TPSA) is 87.5 Å². The molecule has 0 saturated carbocycles. The number of anilines is 1. The van der Waals surface area contributed by atoms with Crippen molar-refractivity contribution >= 4 is 39.6 Å². The predicted molar refractivity (Wildman–Crippen MR) is 142 cm³/mol. The molecule has 1 aromatic heterocycles. The highest BCUT2D eigenvalue weighted by Gasteiger charge is 2.36. The zero-order chi connectivity index (χ0) is 25.4. The fourth-order valence-corrected chi connectivity index (χ4v) is 5.24. The van der Waals surface area contributed by atoms with Crippen molar-refractivity contribution in [3.8, 4) is 11.5 Å². The van der Waals surface area contributed by atoms with E-state index in [9.17, 15) is 4.79 Å². The van der Waals surface area contributed by atoms with E-state index in [2.05, 4.69) is 35.1 Å². The number of ether oxygens (including phenoxy) is 3. The summed E-state index contributed by atoms with van der Waals surface area (Å²) in [5.74, 6) is 2.41. The lowest BCUT2D eigenvalue weighted by molar-refractivity contribution is -0.139. The maximum Gasteiger partial charge on any atom is 0.338 e. The van der Waals surface area contributed by atoms with Crippen LogP contribution in [0.25, 0.3) is 0 Å². The Morgan fingerprint density at radius 2 is 1.89 bits per heavy atom. The van der Waals surface area contributed by atoms with Gasteiger partial charge >= 0.3 is 5.97 Å². The number of fused-ring (bicyclic) bond motifs is 1. The van der Waals surface area contributed by atoms with E-state index in [-0.39, 0.29) is 5.97 Å². The van der Waals surface area contributed by atoms with Crippen LogP contribution in [0.5, 0.6) is 11.5 Å². The summed E-state index contributed by atoms with van der Waals surface area (Å²) in [6.45, 7) is 11.3. The Labute approximate surface area is 220 Å². The smallest absolute Gasteiger partial charge is 0.338 e. The fourth-order valence-electron chi connectivity index (χ4n) is 3.75. The molecule has 0 aliphatic carbocycles. The SMILES string of the molecule is CCCCOC(=O)C1=C(C)Nc2nc(SCCCC)nn2C1c1cc(Br)c(OCC)c(OCC)c1. The van der Waals surface area contributed by atoms with Crippen LogP contribution in [-0.2, 0) is 9.53 Å². The van der Waals surface area contributed by atoms with E-state index < -0.39 is 6.04 Å².